The summed E-state index contributed by atoms with van der Waals surface area (Å²) in [5.74, 6) is 0.865. The number of hydrogen-bond acceptors (Lipinski definition) is 3. The molecule has 0 fully saturated rings. The third-order valence-electron chi connectivity index (χ3n) is 2.35. The molecule has 2 nitrogen and oxygen atoms in total. The molecule has 0 aliphatic carbocycles. The van der Waals surface area contributed by atoms with Crippen LogP contribution in [0.25, 0.3) is 0 Å². The first kappa shape index (κ1) is 15.5. The number of rotatable bonds is 6. The van der Waals surface area contributed by atoms with E-state index in [4.69, 9.17) is 4.74 Å². The predicted octanol–water partition coefficient (Wildman–Crippen LogP) is 5.20. The van der Waals surface area contributed by atoms with Gasteiger partial charge in [-0.05, 0) is 56.1 Å². The second-order valence-corrected chi connectivity index (χ2v) is 7.51. The Morgan fingerprint density at radius 2 is 1.95 bits per heavy atom. The van der Waals surface area contributed by atoms with Crippen molar-refractivity contribution >= 4 is 59.1 Å². The first-order valence-corrected chi connectivity index (χ1v) is 8.92. The quantitative estimate of drug-likeness (QED) is 0.587. The molecule has 0 aliphatic rings. The molecule has 6 heteroatoms. The molecule has 0 bridgehead atoms. The highest BCUT2D eigenvalue weighted by atomic mass is 79.9. The number of halogens is 3. The van der Waals surface area contributed by atoms with Crippen molar-refractivity contribution in [2.75, 3.05) is 13.2 Å². The number of nitrogens with one attached hydrogen (secondary N) is 1. The van der Waals surface area contributed by atoms with Crippen LogP contribution in [0.1, 0.15) is 4.88 Å². The average molecular weight is 470 g/mol. The summed E-state index contributed by atoms with van der Waals surface area (Å²) in [4.78, 5) is 1.32. The van der Waals surface area contributed by atoms with Crippen molar-refractivity contribution in [3.05, 3.63) is 47.9 Å². The van der Waals surface area contributed by atoms with Crippen LogP contribution in [0.4, 0.5) is 0 Å². The fourth-order valence-corrected chi connectivity index (χ4v) is 4.07. The standard InChI is InChI=1S/C13H12Br3NOS/c14-9-1-2-13(12(16)6-9)18-4-3-17-7-11-5-10(15)8-19-11/h1-2,5-6,8,17H,3-4,7H2. The molecule has 0 radical (unpaired) electrons. The SMILES string of the molecule is Brc1csc(CNCCOc2ccc(Br)cc2Br)c1. The third-order valence-corrected chi connectivity index (χ3v) is 5.16. The van der Waals surface area contributed by atoms with Gasteiger partial charge >= 0.3 is 0 Å². The molecule has 19 heavy (non-hydrogen) atoms. The minimum atomic E-state index is 0.646. The predicted molar refractivity (Wildman–Crippen MR) is 91.1 cm³/mol. The Kier molecular flexibility index (Phi) is 6.35. The van der Waals surface area contributed by atoms with E-state index >= 15 is 0 Å². The van der Waals surface area contributed by atoms with Crippen LogP contribution < -0.4 is 10.1 Å². The molecule has 2 rings (SSSR count). The van der Waals surface area contributed by atoms with E-state index in [2.05, 4.69) is 64.6 Å². The molecule has 0 aliphatic heterocycles. The molecule has 1 N–H and O–H groups in total. The van der Waals surface area contributed by atoms with E-state index in [9.17, 15) is 0 Å². The fourth-order valence-electron chi connectivity index (χ4n) is 1.48. The van der Waals surface area contributed by atoms with Crippen molar-refractivity contribution in [1.82, 2.24) is 5.32 Å². The summed E-state index contributed by atoms with van der Waals surface area (Å²) >= 11 is 12.1. The van der Waals surface area contributed by atoms with Gasteiger partial charge in [0.05, 0.1) is 4.47 Å². The summed E-state index contributed by atoms with van der Waals surface area (Å²) in [5.41, 5.74) is 0. The lowest BCUT2D eigenvalue weighted by molar-refractivity contribution is 0.312. The van der Waals surface area contributed by atoms with Crippen molar-refractivity contribution in [3.8, 4) is 5.75 Å². The zero-order valence-electron chi connectivity index (χ0n) is 9.96. The van der Waals surface area contributed by atoms with Gasteiger partial charge in [-0.15, -0.1) is 11.3 Å². The van der Waals surface area contributed by atoms with Crippen molar-refractivity contribution in [1.29, 1.82) is 0 Å². The van der Waals surface area contributed by atoms with Crippen molar-refractivity contribution < 1.29 is 4.74 Å². The Labute approximate surface area is 141 Å². The maximum absolute atomic E-state index is 5.70. The molecule has 0 saturated carbocycles. The van der Waals surface area contributed by atoms with Gasteiger partial charge in [0.25, 0.3) is 0 Å². The van der Waals surface area contributed by atoms with E-state index in [1.54, 1.807) is 11.3 Å². The summed E-state index contributed by atoms with van der Waals surface area (Å²) in [7, 11) is 0. The number of hydrogen-bond donors (Lipinski definition) is 1. The minimum absolute atomic E-state index is 0.646. The van der Waals surface area contributed by atoms with Crippen LogP contribution in [0.15, 0.2) is 43.1 Å². The average Bonchev–Trinajstić information content (AvgIpc) is 2.77. The van der Waals surface area contributed by atoms with Crippen molar-refractivity contribution in [2.45, 2.75) is 6.54 Å². The first-order chi connectivity index (χ1) is 9.15. The summed E-state index contributed by atoms with van der Waals surface area (Å²) in [5, 5.41) is 5.45. The highest BCUT2D eigenvalue weighted by molar-refractivity contribution is 9.11. The molecule has 0 unspecified atom stereocenters. The topological polar surface area (TPSA) is 21.3 Å². The molecule has 1 heterocycles. The zero-order chi connectivity index (χ0) is 13.7. The molecule has 0 spiro atoms. The van der Waals surface area contributed by atoms with Crippen LogP contribution >= 0.6 is 59.1 Å². The summed E-state index contributed by atoms with van der Waals surface area (Å²) < 4.78 is 8.84. The monoisotopic (exact) mass is 467 g/mol. The Balaban J connectivity index is 1.69. The van der Waals surface area contributed by atoms with Crippen LogP contribution in [0.3, 0.4) is 0 Å². The van der Waals surface area contributed by atoms with E-state index in [0.29, 0.717) is 6.61 Å². The van der Waals surface area contributed by atoms with Gasteiger partial charge in [0.2, 0.25) is 0 Å². The molecule has 0 saturated heterocycles. The van der Waals surface area contributed by atoms with Crippen LogP contribution in [-0.4, -0.2) is 13.2 Å². The Morgan fingerprint density at radius 1 is 1.11 bits per heavy atom. The molecular formula is C13H12Br3NOS. The lowest BCUT2D eigenvalue weighted by Crippen LogP contribution is -2.20. The molecule has 0 atom stereocenters. The van der Waals surface area contributed by atoms with E-state index < -0.39 is 0 Å². The van der Waals surface area contributed by atoms with Crippen LogP contribution in [0.5, 0.6) is 5.75 Å². The zero-order valence-corrected chi connectivity index (χ0v) is 15.5. The molecule has 1 aromatic carbocycles. The van der Waals surface area contributed by atoms with Crippen LogP contribution in [0, 0.1) is 0 Å². The van der Waals surface area contributed by atoms with Gasteiger partial charge in [-0.3, -0.25) is 0 Å². The molecule has 0 amide bonds. The largest absolute Gasteiger partial charge is 0.491 e. The third kappa shape index (κ3) is 5.19. The number of benzene rings is 1. The Bertz CT molecular complexity index is 544. The second kappa shape index (κ2) is 7.78. The van der Waals surface area contributed by atoms with Gasteiger partial charge in [0.15, 0.2) is 0 Å². The van der Waals surface area contributed by atoms with E-state index in [0.717, 1.165) is 32.3 Å². The Hall–Kier alpha value is 0.120. The number of thiophene rings is 1. The van der Waals surface area contributed by atoms with E-state index in [-0.39, 0.29) is 0 Å². The van der Waals surface area contributed by atoms with Gasteiger partial charge in [-0.25, -0.2) is 0 Å². The Morgan fingerprint density at radius 3 is 2.63 bits per heavy atom. The minimum Gasteiger partial charge on any atom is -0.491 e. The molecular weight excluding hydrogens is 458 g/mol. The lowest BCUT2D eigenvalue weighted by Gasteiger charge is -2.09. The molecule has 102 valence electrons. The summed E-state index contributed by atoms with van der Waals surface area (Å²) in [6.45, 7) is 2.34. The van der Waals surface area contributed by atoms with Gasteiger partial charge in [-0.1, -0.05) is 15.9 Å². The maximum atomic E-state index is 5.70. The highest BCUT2D eigenvalue weighted by Gasteiger charge is 2.01. The number of ether oxygens (including phenoxy) is 1. The fraction of sp³-hybridized carbons (Fsp3) is 0.231. The van der Waals surface area contributed by atoms with Gasteiger partial charge in [0, 0.05) is 32.3 Å². The van der Waals surface area contributed by atoms with Crippen LogP contribution in [-0.2, 0) is 6.54 Å². The maximum Gasteiger partial charge on any atom is 0.133 e. The van der Waals surface area contributed by atoms with Crippen molar-refractivity contribution in [2.24, 2.45) is 0 Å². The first-order valence-electron chi connectivity index (χ1n) is 5.66. The van der Waals surface area contributed by atoms with E-state index in [1.807, 2.05) is 18.2 Å². The molecule has 2 aromatic rings. The van der Waals surface area contributed by atoms with Crippen molar-refractivity contribution in [3.63, 3.8) is 0 Å². The van der Waals surface area contributed by atoms with Gasteiger partial charge in [0.1, 0.15) is 12.4 Å². The second-order valence-electron chi connectivity index (χ2n) is 3.83. The smallest absolute Gasteiger partial charge is 0.133 e. The summed E-state index contributed by atoms with van der Waals surface area (Å²) in [6.07, 6.45) is 0. The highest BCUT2D eigenvalue weighted by Crippen LogP contribution is 2.28. The van der Waals surface area contributed by atoms with Gasteiger partial charge < -0.3 is 10.1 Å². The van der Waals surface area contributed by atoms with Gasteiger partial charge in [-0.2, -0.15) is 0 Å². The summed E-state index contributed by atoms with van der Waals surface area (Å²) in [6, 6.07) is 8.02. The normalized spacial score (nSPS) is 10.7. The van der Waals surface area contributed by atoms with Crippen LogP contribution in [0.2, 0.25) is 0 Å². The van der Waals surface area contributed by atoms with E-state index in [1.165, 1.54) is 4.88 Å². The lowest BCUT2D eigenvalue weighted by atomic mass is 10.3. The molecule has 1 aromatic heterocycles.